The second kappa shape index (κ2) is 9.31. The second-order valence-corrected chi connectivity index (χ2v) is 10.1. The van der Waals surface area contributed by atoms with Crippen LogP contribution in [0.3, 0.4) is 0 Å². The zero-order valence-corrected chi connectivity index (χ0v) is 18.8. The summed E-state index contributed by atoms with van der Waals surface area (Å²) in [6.07, 6.45) is 5.53. The first-order valence-electron chi connectivity index (χ1n) is 9.95. The Labute approximate surface area is 188 Å². The Bertz CT molecular complexity index is 1240. The van der Waals surface area contributed by atoms with Gasteiger partial charge in [-0.05, 0) is 38.0 Å². The number of rotatable bonds is 6. The topological polar surface area (TPSA) is 105 Å². The van der Waals surface area contributed by atoms with E-state index in [1.165, 1.54) is 40.8 Å². The predicted molar refractivity (Wildman–Crippen MR) is 119 cm³/mol. The van der Waals surface area contributed by atoms with Gasteiger partial charge < -0.3 is 9.84 Å². The molecule has 1 fully saturated rings. The molecule has 2 aromatic heterocycles. The van der Waals surface area contributed by atoms with Crippen molar-refractivity contribution in [2.75, 3.05) is 18.4 Å². The van der Waals surface area contributed by atoms with Crippen LogP contribution in [0.1, 0.15) is 29.9 Å². The van der Waals surface area contributed by atoms with Crippen molar-refractivity contribution in [2.45, 2.75) is 24.7 Å². The van der Waals surface area contributed by atoms with Crippen molar-refractivity contribution < 1.29 is 22.1 Å². The number of anilines is 1. The van der Waals surface area contributed by atoms with E-state index in [4.69, 9.17) is 4.52 Å². The molecule has 4 rings (SSSR count). The Hall–Kier alpha value is -2.89. The summed E-state index contributed by atoms with van der Waals surface area (Å²) in [5, 5.41) is 8.76. The van der Waals surface area contributed by atoms with E-state index in [-0.39, 0.29) is 35.3 Å². The van der Waals surface area contributed by atoms with E-state index in [2.05, 4.69) is 15.5 Å². The van der Waals surface area contributed by atoms with Crippen LogP contribution in [0.5, 0.6) is 0 Å². The third-order valence-electron chi connectivity index (χ3n) is 5.17. The fraction of sp³-hybridized carbons (Fsp3) is 0.286. The van der Waals surface area contributed by atoms with Crippen molar-refractivity contribution in [3.63, 3.8) is 0 Å². The standard InChI is InChI=1S/C21H21FN4O4S2/c1-14-19(18(30-25-14)9-8-15-5-2-3-7-17(15)22)32(28,29)26-11-4-6-16(13-26)20(27)24-21-23-10-12-31-21/h2-3,5,7-10,12,16H,4,6,11,13H2,1H3,(H,23,24,27)/b9-8+/t16-/m1/s1. The summed E-state index contributed by atoms with van der Waals surface area (Å²) in [6, 6.07) is 6.13. The van der Waals surface area contributed by atoms with E-state index in [1.54, 1.807) is 29.8 Å². The zero-order valence-electron chi connectivity index (χ0n) is 17.2. The summed E-state index contributed by atoms with van der Waals surface area (Å²) in [7, 11) is -3.98. The molecule has 11 heteroatoms. The average Bonchev–Trinajstić information content (AvgIpc) is 3.43. The fourth-order valence-corrected chi connectivity index (χ4v) is 5.88. The van der Waals surface area contributed by atoms with Crippen LogP contribution in [0.15, 0.2) is 45.3 Å². The predicted octanol–water partition coefficient (Wildman–Crippen LogP) is 3.79. The van der Waals surface area contributed by atoms with Gasteiger partial charge in [0.15, 0.2) is 15.8 Å². The highest BCUT2D eigenvalue weighted by Gasteiger charge is 2.37. The van der Waals surface area contributed by atoms with Crippen LogP contribution in [0.25, 0.3) is 12.2 Å². The normalized spacial score (nSPS) is 17.6. The molecule has 0 unspecified atom stereocenters. The van der Waals surface area contributed by atoms with Crippen LogP contribution in [-0.4, -0.2) is 41.9 Å². The molecule has 3 heterocycles. The van der Waals surface area contributed by atoms with Gasteiger partial charge >= 0.3 is 0 Å². The minimum Gasteiger partial charge on any atom is -0.355 e. The number of benzene rings is 1. The van der Waals surface area contributed by atoms with E-state index in [1.807, 2.05) is 0 Å². The number of sulfonamides is 1. The molecule has 1 aromatic carbocycles. The minimum atomic E-state index is -3.98. The molecule has 1 aliphatic rings. The molecule has 168 valence electrons. The molecule has 0 radical (unpaired) electrons. The van der Waals surface area contributed by atoms with Gasteiger partial charge in [-0.3, -0.25) is 4.79 Å². The molecular weight excluding hydrogens is 455 g/mol. The van der Waals surface area contributed by atoms with Gasteiger partial charge in [-0.2, -0.15) is 4.31 Å². The maximum Gasteiger partial charge on any atom is 0.248 e. The molecule has 1 N–H and O–H groups in total. The Morgan fingerprint density at radius 3 is 2.91 bits per heavy atom. The maximum absolute atomic E-state index is 13.9. The third kappa shape index (κ3) is 4.64. The Balaban J connectivity index is 1.56. The summed E-state index contributed by atoms with van der Waals surface area (Å²) < 4.78 is 47.3. The van der Waals surface area contributed by atoms with Crippen molar-refractivity contribution in [1.29, 1.82) is 0 Å². The summed E-state index contributed by atoms with van der Waals surface area (Å²) in [6.45, 7) is 1.86. The number of hydrogen-bond donors (Lipinski definition) is 1. The number of piperidine rings is 1. The van der Waals surface area contributed by atoms with Crippen LogP contribution in [-0.2, 0) is 14.8 Å². The molecule has 1 amide bonds. The number of hydrogen-bond acceptors (Lipinski definition) is 7. The lowest BCUT2D eigenvalue weighted by Gasteiger charge is -2.30. The molecule has 0 aliphatic carbocycles. The molecule has 0 bridgehead atoms. The van der Waals surface area contributed by atoms with E-state index < -0.39 is 21.8 Å². The summed E-state index contributed by atoms with van der Waals surface area (Å²) >= 11 is 1.30. The third-order valence-corrected chi connectivity index (χ3v) is 7.88. The molecule has 3 aromatic rings. The largest absolute Gasteiger partial charge is 0.355 e. The number of nitrogens with one attached hydrogen (secondary N) is 1. The first-order chi connectivity index (χ1) is 15.4. The van der Waals surface area contributed by atoms with Crippen LogP contribution >= 0.6 is 11.3 Å². The smallest absolute Gasteiger partial charge is 0.248 e. The van der Waals surface area contributed by atoms with Crippen molar-refractivity contribution in [1.82, 2.24) is 14.4 Å². The van der Waals surface area contributed by atoms with Gasteiger partial charge in [-0.1, -0.05) is 23.4 Å². The SMILES string of the molecule is Cc1noc(/C=C/c2ccccc2F)c1S(=O)(=O)N1CCC[C@@H](C(=O)Nc2nccs2)C1. The summed E-state index contributed by atoms with van der Waals surface area (Å²) in [5.74, 6) is -1.18. The van der Waals surface area contributed by atoms with E-state index >= 15 is 0 Å². The lowest BCUT2D eigenvalue weighted by molar-refractivity contribution is -0.120. The number of aryl methyl sites for hydroxylation is 1. The van der Waals surface area contributed by atoms with Crippen molar-refractivity contribution in [2.24, 2.45) is 5.92 Å². The number of nitrogens with zero attached hydrogens (tertiary/aromatic N) is 3. The fourth-order valence-electron chi connectivity index (χ4n) is 3.57. The molecule has 1 aliphatic heterocycles. The first-order valence-corrected chi connectivity index (χ1v) is 12.3. The summed E-state index contributed by atoms with van der Waals surface area (Å²) in [5.41, 5.74) is 0.495. The lowest BCUT2D eigenvalue weighted by atomic mass is 9.99. The lowest BCUT2D eigenvalue weighted by Crippen LogP contribution is -2.43. The number of halogens is 1. The highest BCUT2D eigenvalue weighted by molar-refractivity contribution is 7.89. The molecule has 32 heavy (non-hydrogen) atoms. The zero-order chi connectivity index (χ0) is 22.7. The summed E-state index contributed by atoms with van der Waals surface area (Å²) in [4.78, 5) is 16.6. The first kappa shape index (κ1) is 22.3. The second-order valence-electron chi connectivity index (χ2n) is 7.34. The van der Waals surface area contributed by atoms with E-state index in [9.17, 15) is 17.6 Å². The number of carbonyl (C=O) groups is 1. The monoisotopic (exact) mass is 476 g/mol. The minimum absolute atomic E-state index is 0.0140. The Kier molecular flexibility index (Phi) is 6.49. The number of aromatic nitrogens is 2. The molecular formula is C21H21FN4O4S2. The Morgan fingerprint density at radius 2 is 2.16 bits per heavy atom. The van der Waals surface area contributed by atoms with Crippen LogP contribution in [0.4, 0.5) is 9.52 Å². The maximum atomic E-state index is 13.9. The van der Waals surface area contributed by atoms with Gasteiger partial charge in [-0.15, -0.1) is 11.3 Å². The highest BCUT2D eigenvalue weighted by Crippen LogP contribution is 2.30. The van der Waals surface area contributed by atoms with Crippen LogP contribution in [0.2, 0.25) is 0 Å². The van der Waals surface area contributed by atoms with Gasteiger partial charge in [-0.25, -0.2) is 17.8 Å². The van der Waals surface area contributed by atoms with Crippen molar-refractivity contribution in [3.05, 3.63) is 58.7 Å². The molecule has 1 saturated heterocycles. The van der Waals surface area contributed by atoms with Gasteiger partial charge in [0.05, 0.1) is 5.92 Å². The van der Waals surface area contributed by atoms with Crippen molar-refractivity contribution >= 4 is 44.6 Å². The average molecular weight is 477 g/mol. The molecule has 1 atom stereocenters. The Morgan fingerprint density at radius 1 is 1.34 bits per heavy atom. The van der Waals surface area contributed by atoms with Gasteiger partial charge in [0.2, 0.25) is 15.9 Å². The van der Waals surface area contributed by atoms with Crippen molar-refractivity contribution in [3.8, 4) is 0 Å². The van der Waals surface area contributed by atoms with E-state index in [0.29, 0.717) is 23.5 Å². The van der Waals surface area contributed by atoms with E-state index in [0.717, 1.165) is 0 Å². The molecule has 0 saturated carbocycles. The number of amides is 1. The molecule has 0 spiro atoms. The quantitative estimate of drug-likeness (QED) is 0.580. The van der Waals surface area contributed by atoms with Crippen LogP contribution < -0.4 is 5.32 Å². The highest BCUT2D eigenvalue weighted by atomic mass is 32.2. The van der Waals surface area contributed by atoms with Gasteiger partial charge in [0.1, 0.15) is 11.5 Å². The molecule has 8 nitrogen and oxygen atoms in total. The van der Waals surface area contributed by atoms with Gasteiger partial charge in [0.25, 0.3) is 0 Å². The number of thiazole rings is 1. The van der Waals surface area contributed by atoms with Crippen LogP contribution in [0, 0.1) is 18.7 Å². The number of carbonyl (C=O) groups excluding carboxylic acids is 1. The van der Waals surface area contributed by atoms with Gasteiger partial charge in [0, 0.05) is 30.2 Å².